The van der Waals surface area contributed by atoms with Crippen LogP contribution < -0.4 is 0 Å². The summed E-state index contributed by atoms with van der Waals surface area (Å²) in [4.78, 5) is 10.5. The molecule has 10 rings (SSSR count). The van der Waals surface area contributed by atoms with Crippen LogP contribution in [0.25, 0.3) is 77.8 Å². The largest absolute Gasteiger partial charge is 0.309 e. The molecule has 0 saturated heterocycles. The number of para-hydroxylation sites is 3. The lowest BCUT2D eigenvalue weighted by Crippen LogP contribution is -2.14. The van der Waals surface area contributed by atoms with Crippen LogP contribution in [0.5, 0.6) is 0 Å². The average Bonchev–Trinajstić information content (AvgIpc) is 3.71. The zero-order chi connectivity index (χ0) is 31.3. The summed E-state index contributed by atoms with van der Waals surface area (Å²) in [6.07, 6.45) is 0. The predicted molar refractivity (Wildman–Crippen MR) is 194 cm³/mol. The Morgan fingerprint density at radius 1 is 0.511 bits per heavy atom. The molecule has 9 aromatic rings. The van der Waals surface area contributed by atoms with E-state index < -0.39 is 0 Å². The molecule has 0 fully saturated rings. The van der Waals surface area contributed by atoms with Gasteiger partial charge in [0, 0.05) is 43.8 Å². The van der Waals surface area contributed by atoms with Crippen LogP contribution in [-0.4, -0.2) is 19.1 Å². The maximum atomic E-state index is 5.33. The summed E-state index contributed by atoms with van der Waals surface area (Å²) in [5.74, 6) is 0.676. The topological polar surface area (TPSA) is 35.6 Å². The molecule has 47 heavy (non-hydrogen) atoms. The molecular formula is C43H30N4. The van der Waals surface area contributed by atoms with E-state index in [9.17, 15) is 0 Å². The van der Waals surface area contributed by atoms with E-state index in [0.717, 1.165) is 33.2 Å². The molecule has 3 heterocycles. The van der Waals surface area contributed by atoms with E-state index in [4.69, 9.17) is 9.97 Å². The Balaban J connectivity index is 1.36. The molecule has 0 unspecified atom stereocenters. The summed E-state index contributed by atoms with van der Waals surface area (Å²) in [7, 11) is 0. The summed E-state index contributed by atoms with van der Waals surface area (Å²) in [6.45, 7) is 4.73. The van der Waals surface area contributed by atoms with Crippen molar-refractivity contribution in [3.63, 3.8) is 0 Å². The third-order valence-corrected chi connectivity index (χ3v) is 10.1. The molecule has 0 bridgehead atoms. The van der Waals surface area contributed by atoms with Gasteiger partial charge in [0.1, 0.15) is 0 Å². The molecule has 222 valence electrons. The molecule has 1 aliphatic rings. The summed E-state index contributed by atoms with van der Waals surface area (Å²) >= 11 is 0. The van der Waals surface area contributed by atoms with Gasteiger partial charge in [0.15, 0.2) is 0 Å². The van der Waals surface area contributed by atoms with Crippen molar-refractivity contribution in [2.75, 3.05) is 0 Å². The highest BCUT2D eigenvalue weighted by Crippen LogP contribution is 2.54. The molecule has 4 heteroatoms. The molecule has 4 nitrogen and oxygen atoms in total. The second kappa shape index (κ2) is 9.51. The highest BCUT2D eigenvalue weighted by Gasteiger charge is 2.40. The van der Waals surface area contributed by atoms with Crippen molar-refractivity contribution >= 4 is 43.6 Å². The molecule has 0 saturated carbocycles. The van der Waals surface area contributed by atoms with Crippen LogP contribution in [0.2, 0.25) is 0 Å². The van der Waals surface area contributed by atoms with Gasteiger partial charge in [-0.3, -0.25) is 4.57 Å². The zero-order valence-corrected chi connectivity index (χ0v) is 26.1. The van der Waals surface area contributed by atoms with Crippen molar-refractivity contribution in [2.45, 2.75) is 19.3 Å². The van der Waals surface area contributed by atoms with Gasteiger partial charge in [-0.2, -0.15) is 0 Å². The third kappa shape index (κ3) is 3.58. The van der Waals surface area contributed by atoms with Crippen LogP contribution in [0.3, 0.4) is 0 Å². The van der Waals surface area contributed by atoms with Gasteiger partial charge >= 0.3 is 0 Å². The zero-order valence-electron chi connectivity index (χ0n) is 26.1. The molecular weight excluding hydrogens is 573 g/mol. The summed E-state index contributed by atoms with van der Waals surface area (Å²) in [5.41, 5.74) is 12.7. The molecule has 0 amide bonds. The standard InChI is InChI=1S/C43H30N4/c1-43(2)34-22-12-9-20-30(34)41-39(43)33-26-37-32(25-38(33)46(41)28-17-7-4-8-18-28)29-19-11-14-24-36(29)47(37)42-44-35-23-13-10-21-31(35)40(45-42)27-15-5-3-6-16-27/h3-26H,1-2H3. The van der Waals surface area contributed by atoms with E-state index in [1.165, 1.54) is 49.7 Å². The van der Waals surface area contributed by atoms with E-state index in [0.29, 0.717) is 5.95 Å². The Bertz CT molecular complexity index is 2700. The number of nitrogens with zero attached hydrogens (tertiary/aromatic N) is 4. The average molecular weight is 603 g/mol. The molecule has 0 aliphatic heterocycles. The van der Waals surface area contributed by atoms with Crippen molar-refractivity contribution < 1.29 is 0 Å². The third-order valence-electron chi connectivity index (χ3n) is 10.1. The van der Waals surface area contributed by atoms with E-state index in [2.05, 4.69) is 163 Å². The minimum absolute atomic E-state index is 0.172. The quantitative estimate of drug-likeness (QED) is 0.202. The minimum atomic E-state index is -0.172. The number of rotatable bonds is 3. The minimum Gasteiger partial charge on any atom is -0.309 e. The molecule has 0 atom stereocenters. The van der Waals surface area contributed by atoms with Gasteiger partial charge in [-0.25, -0.2) is 9.97 Å². The van der Waals surface area contributed by atoms with Crippen molar-refractivity contribution in [1.29, 1.82) is 0 Å². The predicted octanol–water partition coefficient (Wildman–Crippen LogP) is 10.6. The van der Waals surface area contributed by atoms with E-state index in [1.807, 2.05) is 6.07 Å². The van der Waals surface area contributed by atoms with Crippen LogP contribution in [-0.2, 0) is 5.41 Å². The normalized spacial score (nSPS) is 13.5. The van der Waals surface area contributed by atoms with Crippen molar-refractivity contribution in [1.82, 2.24) is 19.1 Å². The van der Waals surface area contributed by atoms with Crippen molar-refractivity contribution in [3.8, 4) is 34.2 Å². The van der Waals surface area contributed by atoms with Gasteiger partial charge in [-0.15, -0.1) is 0 Å². The van der Waals surface area contributed by atoms with Gasteiger partial charge in [-0.1, -0.05) is 123 Å². The Kier molecular flexibility index (Phi) is 5.31. The Hall–Kier alpha value is -6.00. The fourth-order valence-corrected chi connectivity index (χ4v) is 8.05. The fraction of sp³-hybridized carbons (Fsp3) is 0.0698. The van der Waals surface area contributed by atoms with Gasteiger partial charge < -0.3 is 4.57 Å². The first-order valence-corrected chi connectivity index (χ1v) is 16.2. The first-order valence-electron chi connectivity index (χ1n) is 16.2. The van der Waals surface area contributed by atoms with E-state index >= 15 is 0 Å². The number of hydrogen-bond donors (Lipinski definition) is 0. The summed E-state index contributed by atoms with van der Waals surface area (Å²) in [6, 6.07) is 51.9. The fourth-order valence-electron chi connectivity index (χ4n) is 8.05. The van der Waals surface area contributed by atoms with Crippen LogP contribution in [0, 0.1) is 0 Å². The maximum absolute atomic E-state index is 5.33. The van der Waals surface area contributed by atoms with E-state index in [-0.39, 0.29) is 5.41 Å². The second-order valence-electron chi connectivity index (χ2n) is 13.1. The van der Waals surface area contributed by atoms with Crippen molar-refractivity contribution in [2.24, 2.45) is 0 Å². The lowest BCUT2D eigenvalue weighted by molar-refractivity contribution is 0.666. The Labute approximate surface area is 272 Å². The van der Waals surface area contributed by atoms with Crippen LogP contribution in [0.4, 0.5) is 0 Å². The number of aromatic nitrogens is 4. The molecule has 1 aliphatic carbocycles. The lowest BCUT2D eigenvalue weighted by Gasteiger charge is -2.21. The van der Waals surface area contributed by atoms with Crippen LogP contribution >= 0.6 is 0 Å². The number of fused-ring (bicyclic) bond motifs is 9. The van der Waals surface area contributed by atoms with Gasteiger partial charge in [0.2, 0.25) is 5.95 Å². The van der Waals surface area contributed by atoms with Gasteiger partial charge in [0.05, 0.1) is 33.5 Å². The lowest BCUT2D eigenvalue weighted by atomic mass is 9.81. The first-order chi connectivity index (χ1) is 23.1. The number of benzene rings is 6. The molecule has 6 aromatic carbocycles. The molecule has 0 spiro atoms. The second-order valence-corrected chi connectivity index (χ2v) is 13.1. The van der Waals surface area contributed by atoms with Gasteiger partial charge in [-0.05, 0) is 47.5 Å². The molecule has 3 aromatic heterocycles. The van der Waals surface area contributed by atoms with Crippen LogP contribution in [0.15, 0.2) is 146 Å². The van der Waals surface area contributed by atoms with Gasteiger partial charge in [0.25, 0.3) is 0 Å². The molecule has 0 N–H and O–H groups in total. The summed E-state index contributed by atoms with van der Waals surface area (Å²) in [5, 5.41) is 4.67. The highest BCUT2D eigenvalue weighted by atomic mass is 15.2. The van der Waals surface area contributed by atoms with Crippen molar-refractivity contribution in [3.05, 3.63) is 157 Å². The Morgan fingerprint density at radius 3 is 1.98 bits per heavy atom. The SMILES string of the molecule is CC1(C)c2ccccc2-c2c1c1cc3c(cc1n2-c1ccccc1)c1ccccc1n3-c1nc(-c2ccccc2)c2ccccc2n1. The smallest absolute Gasteiger partial charge is 0.235 e. The highest BCUT2D eigenvalue weighted by molar-refractivity contribution is 6.15. The first kappa shape index (κ1) is 26.2. The Morgan fingerprint density at radius 2 is 1.15 bits per heavy atom. The number of hydrogen-bond acceptors (Lipinski definition) is 2. The maximum Gasteiger partial charge on any atom is 0.235 e. The van der Waals surface area contributed by atoms with E-state index in [1.54, 1.807) is 0 Å². The molecule has 0 radical (unpaired) electrons. The monoisotopic (exact) mass is 602 g/mol. The summed E-state index contributed by atoms with van der Waals surface area (Å²) < 4.78 is 4.74. The van der Waals surface area contributed by atoms with Crippen LogP contribution in [0.1, 0.15) is 25.0 Å².